The first-order chi connectivity index (χ1) is 7.88. The number of carbonyl (C=O) groups excluding carboxylic acids is 1. The molecule has 1 aliphatic carbocycles. The van der Waals surface area contributed by atoms with Crippen molar-refractivity contribution in [3.05, 3.63) is 11.1 Å². The van der Waals surface area contributed by atoms with Gasteiger partial charge in [0, 0.05) is 12.6 Å². The third-order valence-corrected chi connectivity index (χ3v) is 4.83. The third-order valence-electron chi connectivity index (χ3n) is 3.87. The van der Waals surface area contributed by atoms with E-state index in [2.05, 4.69) is 9.88 Å². The minimum atomic E-state index is 0.694. The van der Waals surface area contributed by atoms with Crippen LogP contribution >= 0.6 is 11.3 Å². The van der Waals surface area contributed by atoms with E-state index >= 15 is 0 Å². The van der Waals surface area contributed by atoms with Gasteiger partial charge in [0.05, 0.1) is 11.1 Å². The van der Waals surface area contributed by atoms with E-state index in [9.17, 15) is 4.79 Å². The average Bonchev–Trinajstić information content (AvgIpc) is 2.97. The van der Waals surface area contributed by atoms with Crippen LogP contribution in [-0.4, -0.2) is 23.9 Å². The Balaban J connectivity index is 1.84. The van der Waals surface area contributed by atoms with Gasteiger partial charge in [0.1, 0.15) is 0 Å². The number of hydrogen-bond acceptors (Lipinski definition) is 4. The summed E-state index contributed by atoms with van der Waals surface area (Å²) in [5, 5.41) is 1.05. The lowest BCUT2D eigenvalue weighted by atomic mass is 9.92. The summed E-state index contributed by atoms with van der Waals surface area (Å²) in [6.45, 7) is 1.12. The van der Waals surface area contributed by atoms with E-state index in [4.69, 9.17) is 0 Å². The van der Waals surface area contributed by atoms with Crippen LogP contribution in [0.4, 0.5) is 5.13 Å². The maximum Gasteiger partial charge on any atom is 0.186 e. The Hall–Kier alpha value is -0.900. The fourth-order valence-corrected chi connectivity index (χ4v) is 3.97. The molecule has 3 nitrogen and oxygen atoms in total. The summed E-state index contributed by atoms with van der Waals surface area (Å²) in [5.74, 6) is 0.873. The number of nitrogens with zero attached hydrogens (tertiary/aromatic N) is 2. The van der Waals surface area contributed by atoms with Crippen molar-refractivity contribution in [2.75, 3.05) is 11.4 Å². The predicted molar refractivity (Wildman–Crippen MR) is 65.2 cm³/mol. The van der Waals surface area contributed by atoms with Crippen molar-refractivity contribution in [1.82, 2.24) is 4.98 Å². The van der Waals surface area contributed by atoms with Gasteiger partial charge in [-0.15, -0.1) is 0 Å². The SMILES string of the molecule is O=Cc1cnc(N2CCCC3CCCC32)s1. The van der Waals surface area contributed by atoms with Crippen LogP contribution in [-0.2, 0) is 0 Å². The highest BCUT2D eigenvalue weighted by atomic mass is 32.1. The Morgan fingerprint density at radius 3 is 3.06 bits per heavy atom. The molecular weight excluding hydrogens is 220 g/mol. The van der Waals surface area contributed by atoms with Crippen LogP contribution in [0.25, 0.3) is 0 Å². The maximum atomic E-state index is 10.7. The number of hydrogen-bond donors (Lipinski definition) is 0. The average molecular weight is 236 g/mol. The van der Waals surface area contributed by atoms with Gasteiger partial charge in [0.15, 0.2) is 11.4 Å². The zero-order valence-electron chi connectivity index (χ0n) is 9.26. The number of rotatable bonds is 2. The van der Waals surface area contributed by atoms with Crippen molar-refractivity contribution in [2.45, 2.75) is 38.1 Å². The molecule has 0 aromatic carbocycles. The van der Waals surface area contributed by atoms with Gasteiger partial charge < -0.3 is 4.90 Å². The van der Waals surface area contributed by atoms with Crippen LogP contribution in [0.15, 0.2) is 6.20 Å². The van der Waals surface area contributed by atoms with Crippen molar-refractivity contribution >= 4 is 22.8 Å². The molecule has 0 spiro atoms. The van der Waals surface area contributed by atoms with Gasteiger partial charge in [-0.3, -0.25) is 4.79 Å². The lowest BCUT2D eigenvalue weighted by Gasteiger charge is -2.37. The molecule has 86 valence electrons. The lowest BCUT2D eigenvalue weighted by molar-refractivity contribution is 0.112. The summed E-state index contributed by atoms with van der Waals surface area (Å²) < 4.78 is 0. The maximum absolute atomic E-state index is 10.7. The topological polar surface area (TPSA) is 33.2 Å². The fraction of sp³-hybridized carbons (Fsp3) is 0.667. The third kappa shape index (κ3) is 1.65. The van der Waals surface area contributed by atoms with Crippen molar-refractivity contribution in [3.63, 3.8) is 0 Å². The number of piperidine rings is 1. The van der Waals surface area contributed by atoms with Crippen LogP contribution in [0.1, 0.15) is 41.8 Å². The molecule has 2 heterocycles. The number of thiazole rings is 1. The minimum absolute atomic E-state index is 0.694. The predicted octanol–water partition coefficient (Wildman–Crippen LogP) is 2.72. The second-order valence-corrected chi connectivity index (χ2v) is 5.80. The zero-order chi connectivity index (χ0) is 11.0. The smallest absolute Gasteiger partial charge is 0.186 e. The molecule has 0 radical (unpaired) electrons. The molecule has 1 aromatic rings. The standard InChI is InChI=1S/C12H16N2OS/c15-8-10-7-13-12(16-10)14-6-2-4-9-3-1-5-11(9)14/h7-9,11H,1-6H2. The van der Waals surface area contributed by atoms with Crippen LogP contribution < -0.4 is 4.90 Å². The van der Waals surface area contributed by atoms with Gasteiger partial charge in [-0.25, -0.2) is 4.98 Å². The van der Waals surface area contributed by atoms with E-state index in [-0.39, 0.29) is 0 Å². The van der Waals surface area contributed by atoms with Crippen LogP contribution in [0.2, 0.25) is 0 Å². The van der Waals surface area contributed by atoms with Crippen LogP contribution in [0.3, 0.4) is 0 Å². The quantitative estimate of drug-likeness (QED) is 0.740. The number of anilines is 1. The van der Waals surface area contributed by atoms with E-state index in [1.54, 1.807) is 6.20 Å². The van der Waals surface area contributed by atoms with Crippen molar-refractivity contribution in [3.8, 4) is 0 Å². The molecule has 2 fully saturated rings. The molecule has 2 aliphatic rings. The summed E-state index contributed by atoms with van der Waals surface area (Å²) in [6.07, 6.45) is 9.30. The van der Waals surface area contributed by atoms with E-state index < -0.39 is 0 Å². The summed E-state index contributed by atoms with van der Waals surface area (Å²) in [4.78, 5) is 18.3. The molecule has 2 atom stereocenters. The molecular formula is C12H16N2OS. The Morgan fingerprint density at radius 1 is 1.38 bits per heavy atom. The molecule has 1 saturated carbocycles. The highest BCUT2D eigenvalue weighted by molar-refractivity contribution is 7.17. The van der Waals surface area contributed by atoms with E-state index in [0.717, 1.165) is 28.8 Å². The fourth-order valence-electron chi connectivity index (χ4n) is 3.16. The number of aromatic nitrogens is 1. The monoisotopic (exact) mass is 236 g/mol. The van der Waals surface area contributed by atoms with Gasteiger partial charge in [0.25, 0.3) is 0 Å². The van der Waals surface area contributed by atoms with Gasteiger partial charge in [-0.05, 0) is 31.6 Å². The molecule has 16 heavy (non-hydrogen) atoms. The summed E-state index contributed by atoms with van der Waals surface area (Å²) >= 11 is 1.54. The molecule has 2 unspecified atom stereocenters. The van der Waals surface area contributed by atoms with Gasteiger partial charge in [-0.2, -0.15) is 0 Å². The van der Waals surface area contributed by atoms with Gasteiger partial charge in [0.2, 0.25) is 0 Å². The number of aldehydes is 1. The van der Waals surface area contributed by atoms with E-state index in [1.807, 2.05) is 0 Å². The molecule has 1 aliphatic heterocycles. The Bertz CT molecular complexity index is 390. The number of fused-ring (bicyclic) bond motifs is 1. The van der Waals surface area contributed by atoms with Crippen molar-refractivity contribution in [2.24, 2.45) is 5.92 Å². The Morgan fingerprint density at radius 2 is 2.25 bits per heavy atom. The van der Waals surface area contributed by atoms with E-state index in [1.165, 1.54) is 43.4 Å². The lowest BCUT2D eigenvalue weighted by Crippen LogP contribution is -2.42. The highest BCUT2D eigenvalue weighted by Gasteiger charge is 2.36. The van der Waals surface area contributed by atoms with Crippen molar-refractivity contribution < 1.29 is 4.79 Å². The van der Waals surface area contributed by atoms with Crippen molar-refractivity contribution in [1.29, 1.82) is 0 Å². The van der Waals surface area contributed by atoms with Gasteiger partial charge >= 0.3 is 0 Å². The summed E-state index contributed by atoms with van der Waals surface area (Å²) in [6, 6.07) is 0.694. The molecule has 3 rings (SSSR count). The second-order valence-electron chi connectivity index (χ2n) is 4.76. The first-order valence-corrected chi connectivity index (χ1v) is 6.88. The minimum Gasteiger partial charge on any atom is -0.345 e. The molecule has 0 bridgehead atoms. The van der Waals surface area contributed by atoms with Gasteiger partial charge in [-0.1, -0.05) is 17.8 Å². The number of carbonyl (C=O) groups is 1. The van der Waals surface area contributed by atoms with E-state index in [0.29, 0.717) is 6.04 Å². The Kier molecular flexibility index (Phi) is 2.67. The highest BCUT2D eigenvalue weighted by Crippen LogP contribution is 2.39. The molecule has 1 aromatic heterocycles. The largest absolute Gasteiger partial charge is 0.345 e. The molecule has 4 heteroatoms. The first-order valence-electron chi connectivity index (χ1n) is 6.06. The van der Waals surface area contributed by atoms with Crippen LogP contribution in [0.5, 0.6) is 0 Å². The zero-order valence-corrected chi connectivity index (χ0v) is 10.1. The first kappa shape index (κ1) is 10.3. The second kappa shape index (κ2) is 4.17. The summed E-state index contributed by atoms with van der Waals surface area (Å²) in [5.41, 5.74) is 0. The van der Waals surface area contributed by atoms with Crippen LogP contribution in [0, 0.1) is 5.92 Å². The Labute approximate surface area is 99.5 Å². The summed E-state index contributed by atoms with van der Waals surface area (Å²) in [7, 11) is 0. The molecule has 1 saturated heterocycles. The molecule has 0 amide bonds. The normalized spacial score (nSPS) is 29.1. The molecule has 0 N–H and O–H groups in total.